The maximum Gasteiger partial charge on any atom is 0.325 e. The van der Waals surface area contributed by atoms with Gasteiger partial charge in [-0.05, 0) is 18.4 Å². The fourth-order valence-electron chi connectivity index (χ4n) is 1.95. The molecule has 1 unspecified atom stereocenters. The molecule has 1 fully saturated rings. The summed E-state index contributed by atoms with van der Waals surface area (Å²) in [7, 11) is 0. The van der Waals surface area contributed by atoms with Gasteiger partial charge in [-0.25, -0.2) is 4.79 Å². The Kier molecular flexibility index (Phi) is 3.46. The number of rotatable bonds is 3. The Morgan fingerprint density at radius 2 is 2.05 bits per heavy atom. The summed E-state index contributed by atoms with van der Waals surface area (Å²) in [4.78, 5) is 38.3. The molecule has 2 heterocycles. The van der Waals surface area contributed by atoms with E-state index in [1.807, 2.05) is 11.4 Å². The first-order valence-electron chi connectivity index (χ1n) is 6.37. The van der Waals surface area contributed by atoms with Gasteiger partial charge in [-0.3, -0.25) is 14.5 Å². The number of thiophene rings is 1. The topological polar surface area (TPSA) is 66.5 Å². The predicted octanol–water partition coefficient (Wildman–Crippen LogP) is 2.13. The van der Waals surface area contributed by atoms with Crippen LogP contribution in [0.3, 0.4) is 0 Å². The number of hydrogen-bond donors (Lipinski definition) is 1. The highest BCUT2D eigenvalue weighted by Gasteiger charge is 2.50. The highest BCUT2D eigenvalue weighted by atomic mass is 32.1. The van der Waals surface area contributed by atoms with Crippen molar-refractivity contribution >= 4 is 29.1 Å². The molecule has 0 aliphatic carbocycles. The zero-order chi connectivity index (χ0) is 15.1. The van der Waals surface area contributed by atoms with Crippen LogP contribution in [0.4, 0.5) is 4.79 Å². The van der Waals surface area contributed by atoms with Gasteiger partial charge in [0.05, 0.1) is 6.54 Å². The van der Waals surface area contributed by atoms with E-state index in [0.29, 0.717) is 0 Å². The van der Waals surface area contributed by atoms with E-state index in [4.69, 9.17) is 0 Å². The summed E-state index contributed by atoms with van der Waals surface area (Å²) in [6.07, 6.45) is 0. The number of carbonyl (C=O) groups is 3. The molecule has 1 aliphatic rings. The molecule has 0 saturated carbocycles. The molecule has 1 aliphatic heterocycles. The monoisotopic (exact) mass is 294 g/mol. The Morgan fingerprint density at radius 1 is 1.40 bits per heavy atom. The van der Waals surface area contributed by atoms with Gasteiger partial charge < -0.3 is 5.32 Å². The van der Waals surface area contributed by atoms with Crippen molar-refractivity contribution < 1.29 is 14.4 Å². The molecular formula is C14H18N2O3S. The second kappa shape index (κ2) is 4.70. The average Bonchev–Trinajstić information content (AvgIpc) is 2.92. The molecule has 1 saturated heterocycles. The number of nitrogens with one attached hydrogen (secondary N) is 1. The Labute approximate surface area is 122 Å². The molecule has 0 spiro atoms. The maximum atomic E-state index is 12.5. The Bertz CT molecular complexity index is 559. The van der Waals surface area contributed by atoms with Crippen LogP contribution in [-0.2, 0) is 15.1 Å². The van der Waals surface area contributed by atoms with Crippen molar-refractivity contribution in [3.63, 3.8) is 0 Å². The number of urea groups is 1. The first-order chi connectivity index (χ1) is 9.16. The second-order valence-corrected chi connectivity index (χ2v) is 7.04. The van der Waals surface area contributed by atoms with Crippen LogP contribution in [0.1, 0.15) is 32.6 Å². The molecule has 0 radical (unpaired) electrons. The Hall–Kier alpha value is -1.69. The highest BCUT2D eigenvalue weighted by Crippen LogP contribution is 2.32. The molecule has 1 atom stereocenters. The van der Waals surface area contributed by atoms with E-state index in [1.165, 1.54) is 11.3 Å². The Morgan fingerprint density at radius 3 is 2.55 bits per heavy atom. The van der Waals surface area contributed by atoms with Crippen LogP contribution in [0.5, 0.6) is 0 Å². The number of amides is 3. The summed E-state index contributed by atoms with van der Waals surface area (Å²) in [6, 6.07) is 3.12. The molecular weight excluding hydrogens is 276 g/mol. The number of imide groups is 1. The standard InChI is InChI=1S/C14H18N2O3S/c1-13(2,3)9(17)8-16-11(18)14(4,15-12(16)19)10-6-5-7-20-10/h5-7H,8H2,1-4H3,(H,15,19). The van der Waals surface area contributed by atoms with Crippen LogP contribution in [0, 0.1) is 5.41 Å². The third-order valence-corrected chi connectivity index (χ3v) is 4.52. The molecule has 1 aromatic heterocycles. The SMILES string of the molecule is CC(C)(C)C(=O)CN1C(=O)NC(C)(c2cccs2)C1=O. The zero-order valence-electron chi connectivity index (χ0n) is 12.0. The summed E-state index contributed by atoms with van der Waals surface area (Å²) in [5, 5.41) is 4.54. The quantitative estimate of drug-likeness (QED) is 0.868. The number of ketones is 1. The van der Waals surface area contributed by atoms with E-state index in [0.717, 1.165) is 9.78 Å². The molecule has 0 aromatic carbocycles. The largest absolute Gasteiger partial charge is 0.325 e. The Balaban J connectivity index is 2.24. The van der Waals surface area contributed by atoms with Crippen molar-refractivity contribution in [2.45, 2.75) is 33.2 Å². The van der Waals surface area contributed by atoms with Crippen molar-refractivity contribution in [2.24, 2.45) is 5.41 Å². The predicted molar refractivity (Wildman–Crippen MR) is 76.4 cm³/mol. The van der Waals surface area contributed by atoms with Crippen molar-refractivity contribution in [1.29, 1.82) is 0 Å². The first-order valence-corrected chi connectivity index (χ1v) is 7.25. The molecule has 2 rings (SSSR count). The number of carbonyl (C=O) groups excluding carboxylic acids is 3. The smallest absolute Gasteiger partial charge is 0.319 e. The lowest BCUT2D eigenvalue weighted by Gasteiger charge is -2.22. The fraction of sp³-hybridized carbons (Fsp3) is 0.500. The van der Waals surface area contributed by atoms with Crippen molar-refractivity contribution in [3.05, 3.63) is 22.4 Å². The molecule has 0 bridgehead atoms. The second-order valence-electron chi connectivity index (χ2n) is 6.10. The molecule has 20 heavy (non-hydrogen) atoms. The maximum absolute atomic E-state index is 12.5. The van der Waals surface area contributed by atoms with Gasteiger partial charge in [0.25, 0.3) is 5.91 Å². The molecule has 1 aromatic rings. The van der Waals surface area contributed by atoms with Crippen LogP contribution in [0.2, 0.25) is 0 Å². The molecule has 5 nitrogen and oxygen atoms in total. The summed E-state index contributed by atoms with van der Waals surface area (Å²) in [6.45, 7) is 6.79. The van der Waals surface area contributed by atoms with Crippen molar-refractivity contribution in [3.8, 4) is 0 Å². The number of hydrogen-bond acceptors (Lipinski definition) is 4. The zero-order valence-corrected chi connectivity index (χ0v) is 12.8. The van der Waals surface area contributed by atoms with Crippen LogP contribution in [-0.4, -0.2) is 29.2 Å². The number of nitrogens with zero attached hydrogens (tertiary/aromatic N) is 1. The lowest BCUT2D eigenvalue weighted by Crippen LogP contribution is -2.42. The van der Waals surface area contributed by atoms with Gasteiger partial charge in [0.2, 0.25) is 0 Å². The lowest BCUT2D eigenvalue weighted by atomic mass is 9.90. The van der Waals surface area contributed by atoms with Crippen LogP contribution in [0.25, 0.3) is 0 Å². The van der Waals surface area contributed by atoms with Crippen molar-refractivity contribution in [1.82, 2.24) is 10.2 Å². The summed E-state index contributed by atoms with van der Waals surface area (Å²) >= 11 is 1.40. The van der Waals surface area contributed by atoms with E-state index in [2.05, 4.69) is 5.32 Å². The third-order valence-electron chi connectivity index (χ3n) is 3.43. The van der Waals surface area contributed by atoms with E-state index < -0.39 is 17.0 Å². The van der Waals surface area contributed by atoms with E-state index in [1.54, 1.807) is 33.8 Å². The van der Waals surface area contributed by atoms with Gasteiger partial charge in [0, 0.05) is 10.3 Å². The average molecular weight is 294 g/mol. The van der Waals surface area contributed by atoms with E-state index >= 15 is 0 Å². The van der Waals surface area contributed by atoms with Crippen LogP contribution >= 0.6 is 11.3 Å². The molecule has 3 amide bonds. The van der Waals surface area contributed by atoms with Crippen LogP contribution in [0.15, 0.2) is 17.5 Å². The minimum atomic E-state index is -1.07. The molecule has 6 heteroatoms. The third kappa shape index (κ3) is 2.35. The van der Waals surface area contributed by atoms with Gasteiger partial charge >= 0.3 is 6.03 Å². The van der Waals surface area contributed by atoms with Gasteiger partial charge in [0.15, 0.2) is 11.3 Å². The van der Waals surface area contributed by atoms with E-state index in [9.17, 15) is 14.4 Å². The van der Waals surface area contributed by atoms with Gasteiger partial charge in [-0.15, -0.1) is 11.3 Å². The minimum Gasteiger partial charge on any atom is -0.319 e. The lowest BCUT2D eigenvalue weighted by molar-refractivity contribution is -0.136. The number of Topliss-reactive ketones (excluding diaryl/α,β-unsaturated/α-hetero) is 1. The molecule has 1 N–H and O–H groups in total. The molecule has 108 valence electrons. The van der Waals surface area contributed by atoms with Gasteiger partial charge in [-0.1, -0.05) is 26.8 Å². The normalized spacial score (nSPS) is 23.1. The fourth-order valence-corrected chi connectivity index (χ4v) is 2.79. The van der Waals surface area contributed by atoms with Gasteiger partial charge in [0.1, 0.15) is 0 Å². The van der Waals surface area contributed by atoms with Crippen molar-refractivity contribution in [2.75, 3.05) is 6.54 Å². The van der Waals surface area contributed by atoms with Crippen LogP contribution < -0.4 is 5.32 Å². The summed E-state index contributed by atoms with van der Waals surface area (Å²) in [5.41, 5.74) is -1.65. The van der Waals surface area contributed by atoms with E-state index in [-0.39, 0.29) is 18.2 Å². The van der Waals surface area contributed by atoms with Gasteiger partial charge in [-0.2, -0.15) is 0 Å². The summed E-state index contributed by atoms with van der Waals surface area (Å²) in [5.74, 6) is -0.515. The highest BCUT2D eigenvalue weighted by molar-refractivity contribution is 7.10. The minimum absolute atomic E-state index is 0.142. The summed E-state index contributed by atoms with van der Waals surface area (Å²) < 4.78 is 0. The first kappa shape index (κ1) is 14.7.